The summed E-state index contributed by atoms with van der Waals surface area (Å²) in [5, 5.41) is 11.0. The number of rotatable bonds is 8. The normalized spacial score (nSPS) is 13.6. The van der Waals surface area contributed by atoms with E-state index in [1.807, 2.05) is 22.9 Å². The van der Waals surface area contributed by atoms with Crippen LogP contribution in [0.3, 0.4) is 0 Å². The summed E-state index contributed by atoms with van der Waals surface area (Å²) in [6.45, 7) is 12.4. The second-order valence-electron chi connectivity index (χ2n) is 9.34. The zero-order valence-corrected chi connectivity index (χ0v) is 19.4. The predicted octanol–water partition coefficient (Wildman–Crippen LogP) is 4.30. The molecule has 3 aromatic rings. The van der Waals surface area contributed by atoms with Gasteiger partial charge >= 0.3 is 0 Å². The predicted molar refractivity (Wildman–Crippen MR) is 121 cm³/mol. The molecular weight excluding hydrogens is 396 g/mol. The molecule has 1 unspecified atom stereocenters. The number of phenolic OH excluding ortho intramolecular Hbond substituents is 1. The number of nitrogens with two attached hydrogens (primary N) is 1. The molecule has 2 aromatic heterocycles. The monoisotopic (exact) mass is 428 g/mol. The molecule has 0 radical (unpaired) electrons. The van der Waals surface area contributed by atoms with Gasteiger partial charge in [0.1, 0.15) is 11.4 Å². The molecule has 0 fully saturated rings. The molecule has 1 amide bonds. The van der Waals surface area contributed by atoms with Gasteiger partial charge in [-0.05, 0) is 48.1 Å². The van der Waals surface area contributed by atoms with Crippen molar-refractivity contribution in [2.24, 2.45) is 5.73 Å². The Morgan fingerprint density at radius 3 is 2.67 bits per heavy atom. The van der Waals surface area contributed by atoms with Crippen molar-refractivity contribution in [3.05, 3.63) is 48.7 Å². The van der Waals surface area contributed by atoms with Crippen molar-refractivity contribution < 1.29 is 14.3 Å². The Bertz CT molecular complexity index is 1030. The minimum Gasteiger partial charge on any atom is -0.508 e. The molecule has 0 aliphatic carbocycles. The maximum absolute atomic E-state index is 11.5. The highest BCUT2D eigenvalue weighted by Crippen LogP contribution is 2.37. The van der Waals surface area contributed by atoms with Gasteiger partial charge in [0.2, 0.25) is 0 Å². The van der Waals surface area contributed by atoms with Crippen LogP contribution in [0, 0.1) is 0 Å². The fourth-order valence-corrected chi connectivity index (χ4v) is 4.20. The number of carbonyl (C=O) groups excluding carboxylic acids is 1. The van der Waals surface area contributed by atoms with Crippen molar-refractivity contribution >= 4 is 25.1 Å². The first-order valence-corrected chi connectivity index (χ1v) is 13.1. The molecule has 8 heteroatoms. The fraction of sp³-hybridized carbons (Fsp3) is 0.455. The Morgan fingerprint density at radius 1 is 1.30 bits per heavy atom. The fourth-order valence-electron chi connectivity index (χ4n) is 3.16. The first-order chi connectivity index (χ1) is 14.0. The van der Waals surface area contributed by atoms with E-state index in [1.54, 1.807) is 24.7 Å². The Labute approximate surface area is 178 Å². The lowest BCUT2D eigenvalue weighted by Gasteiger charge is -2.37. The average molecular weight is 429 g/mol. The lowest BCUT2D eigenvalue weighted by molar-refractivity contribution is 0.0995. The van der Waals surface area contributed by atoms with E-state index >= 15 is 0 Å². The number of hydrogen-bond donors (Lipinski definition) is 2. The number of aryl methyl sites for hydroxylation is 1. The summed E-state index contributed by atoms with van der Waals surface area (Å²) in [7, 11) is -1.93. The van der Waals surface area contributed by atoms with E-state index in [4.69, 9.17) is 10.2 Å². The minimum absolute atomic E-state index is 0.00878. The van der Waals surface area contributed by atoms with Crippen molar-refractivity contribution in [2.75, 3.05) is 6.61 Å². The van der Waals surface area contributed by atoms with Crippen molar-refractivity contribution in [1.29, 1.82) is 0 Å². The second kappa shape index (κ2) is 8.27. The second-order valence-corrected chi connectivity index (χ2v) is 14.1. The Morgan fingerprint density at radius 2 is 2.03 bits per heavy atom. The molecule has 0 saturated carbocycles. The standard InChI is InChI=1S/C22H32N4O3Si/c1-22(2,3)30(4,5)29-14-17(26-13-19(21(23)28)24-15-26)9-11-25-10-8-16-6-7-18(27)12-20(16)25/h6-8,10,12-13,15,17,27H,9,11,14H2,1-5H3,(H2,23,28). The van der Waals surface area contributed by atoms with Crippen molar-refractivity contribution in [3.8, 4) is 5.75 Å². The molecule has 2 heterocycles. The first-order valence-electron chi connectivity index (χ1n) is 10.2. The minimum atomic E-state index is -1.93. The molecule has 0 aliphatic rings. The molecule has 1 aromatic carbocycles. The smallest absolute Gasteiger partial charge is 0.268 e. The Hall–Kier alpha value is -2.58. The number of primary amides is 1. The molecule has 162 valence electrons. The SMILES string of the molecule is CC(C)(C)[Si](C)(C)OCC(CCn1ccc2ccc(O)cc21)n1cnc(C(N)=O)c1. The summed E-state index contributed by atoms with van der Waals surface area (Å²) in [5.41, 5.74) is 6.63. The number of carbonyl (C=O) groups is 1. The highest BCUT2D eigenvalue weighted by Gasteiger charge is 2.37. The van der Waals surface area contributed by atoms with Crippen molar-refractivity contribution in [2.45, 2.75) is 57.9 Å². The molecule has 1 atom stereocenters. The van der Waals surface area contributed by atoms with Crippen LogP contribution in [0.5, 0.6) is 5.75 Å². The largest absolute Gasteiger partial charge is 0.508 e. The lowest BCUT2D eigenvalue weighted by atomic mass is 10.2. The van der Waals surface area contributed by atoms with Gasteiger partial charge in [0.25, 0.3) is 5.91 Å². The van der Waals surface area contributed by atoms with Gasteiger partial charge in [-0.3, -0.25) is 4.79 Å². The van der Waals surface area contributed by atoms with Gasteiger partial charge in [0.05, 0.1) is 24.5 Å². The van der Waals surface area contributed by atoms with Gasteiger partial charge in [-0.2, -0.15) is 0 Å². The van der Waals surface area contributed by atoms with E-state index in [0.717, 1.165) is 23.9 Å². The number of amides is 1. The Kier molecular flexibility index (Phi) is 6.10. The number of imidazole rings is 1. The van der Waals surface area contributed by atoms with Crippen LogP contribution in [0.15, 0.2) is 43.0 Å². The average Bonchev–Trinajstić information content (AvgIpc) is 3.28. The maximum Gasteiger partial charge on any atom is 0.268 e. The molecule has 0 saturated heterocycles. The van der Waals surface area contributed by atoms with E-state index in [0.29, 0.717) is 6.61 Å². The van der Waals surface area contributed by atoms with Crippen LogP contribution >= 0.6 is 0 Å². The van der Waals surface area contributed by atoms with Gasteiger partial charge in [0.15, 0.2) is 8.32 Å². The molecule has 3 rings (SSSR count). The molecule has 0 aliphatic heterocycles. The van der Waals surface area contributed by atoms with E-state index in [2.05, 4.69) is 43.4 Å². The third kappa shape index (κ3) is 4.76. The topological polar surface area (TPSA) is 95.3 Å². The van der Waals surface area contributed by atoms with E-state index in [1.165, 1.54) is 0 Å². The third-order valence-electron chi connectivity index (χ3n) is 6.18. The lowest BCUT2D eigenvalue weighted by Crippen LogP contribution is -2.42. The summed E-state index contributed by atoms with van der Waals surface area (Å²) in [6.07, 6.45) is 6.15. The van der Waals surface area contributed by atoms with Crippen LogP contribution in [0.2, 0.25) is 18.1 Å². The molecule has 7 nitrogen and oxygen atoms in total. The summed E-state index contributed by atoms with van der Waals surface area (Å²) in [6, 6.07) is 7.43. The molecule has 0 bridgehead atoms. The summed E-state index contributed by atoms with van der Waals surface area (Å²) in [5.74, 6) is -0.286. The van der Waals surface area contributed by atoms with Crippen LogP contribution in [0.25, 0.3) is 10.9 Å². The molecular formula is C22H32N4O3Si. The maximum atomic E-state index is 11.5. The molecule has 0 spiro atoms. The summed E-state index contributed by atoms with van der Waals surface area (Å²) < 4.78 is 10.5. The number of benzene rings is 1. The zero-order chi connectivity index (χ0) is 22.1. The quantitative estimate of drug-likeness (QED) is 0.523. The van der Waals surface area contributed by atoms with Gasteiger partial charge in [0, 0.05) is 25.0 Å². The number of hydrogen-bond acceptors (Lipinski definition) is 4. The van der Waals surface area contributed by atoms with Crippen LogP contribution in [-0.2, 0) is 11.0 Å². The summed E-state index contributed by atoms with van der Waals surface area (Å²) >= 11 is 0. The number of aromatic nitrogens is 3. The zero-order valence-electron chi connectivity index (χ0n) is 18.4. The Balaban J connectivity index is 1.81. The van der Waals surface area contributed by atoms with E-state index < -0.39 is 14.2 Å². The summed E-state index contributed by atoms with van der Waals surface area (Å²) in [4.78, 5) is 15.6. The number of aromatic hydroxyl groups is 1. The molecule has 3 N–H and O–H groups in total. The van der Waals surface area contributed by atoms with Crippen molar-refractivity contribution in [1.82, 2.24) is 14.1 Å². The van der Waals surface area contributed by atoms with Crippen LogP contribution in [0.1, 0.15) is 43.7 Å². The molecule has 30 heavy (non-hydrogen) atoms. The van der Waals surface area contributed by atoms with Gasteiger partial charge in [-0.15, -0.1) is 0 Å². The van der Waals surface area contributed by atoms with Crippen LogP contribution in [-0.4, -0.2) is 40.1 Å². The highest BCUT2D eigenvalue weighted by atomic mass is 28.4. The van der Waals surface area contributed by atoms with E-state index in [9.17, 15) is 9.90 Å². The first kappa shape index (κ1) is 22.1. The van der Waals surface area contributed by atoms with E-state index in [-0.39, 0.29) is 22.5 Å². The van der Waals surface area contributed by atoms with Gasteiger partial charge < -0.3 is 24.4 Å². The van der Waals surface area contributed by atoms with Crippen molar-refractivity contribution in [3.63, 3.8) is 0 Å². The number of fused-ring (bicyclic) bond motifs is 1. The van der Waals surface area contributed by atoms with Gasteiger partial charge in [-0.1, -0.05) is 20.8 Å². The van der Waals surface area contributed by atoms with Crippen LogP contribution in [0.4, 0.5) is 0 Å². The van der Waals surface area contributed by atoms with Gasteiger partial charge in [-0.25, -0.2) is 4.98 Å². The third-order valence-corrected chi connectivity index (χ3v) is 10.7. The van der Waals surface area contributed by atoms with Crippen LogP contribution < -0.4 is 5.73 Å². The highest BCUT2D eigenvalue weighted by molar-refractivity contribution is 6.74. The number of nitrogens with zero attached hydrogens (tertiary/aromatic N) is 3. The number of phenols is 1.